The number of ether oxygens (including phenoxy) is 3. The summed E-state index contributed by atoms with van der Waals surface area (Å²) >= 11 is 0. The van der Waals surface area contributed by atoms with Crippen molar-refractivity contribution in [2.45, 2.75) is 6.42 Å². The summed E-state index contributed by atoms with van der Waals surface area (Å²) in [5, 5.41) is 2.73. The van der Waals surface area contributed by atoms with E-state index in [4.69, 9.17) is 14.2 Å². The van der Waals surface area contributed by atoms with Crippen molar-refractivity contribution >= 4 is 17.6 Å². The largest absolute Gasteiger partial charge is 0.490 e. The number of carbonyl (C=O) groups excluding carboxylic acids is 2. The minimum Gasteiger partial charge on any atom is -0.490 e. The highest BCUT2D eigenvalue weighted by atomic mass is 16.5. The summed E-state index contributed by atoms with van der Waals surface area (Å²) in [6.45, 7) is 4.04. The van der Waals surface area contributed by atoms with Gasteiger partial charge in [-0.1, -0.05) is 30.9 Å². The van der Waals surface area contributed by atoms with Crippen molar-refractivity contribution in [1.29, 1.82) is 0 Å². The molecule has 0 saturated heterocycles. The van der Waals surface area contributed by atoms with Crippen LogP contribution in [0.1, 0.15) is 15.9 Å². The molecular formula is C24H22N2O5. The monoisotopic (exact) mass is 418 g/mol. The molecule has 0 unspecified atom stereocenters. The van der Waals surface area contributed by atoms with Crippen molar-refractivity contribution in [3.05, 3.63) is 90.6 Å². The molecule has 2 aromatic carbocycles. The van der Waals surface area contributed by atoms with Crippen molar-refractivity contribution in [2.24, 2.45) is 0 Å². The molecule has 7 heteroatoms. The molecule has 1 amide bonds. The van der Waals surface area contributed by atoms with Crippen molar-refractivity contribution in [3.63, 3.8) is 0 Å². The number of pyridine rings is 1. The lowest BCUT2D eigenvalue weighted by Gasteiger charge is -2.10. The molecule has 158 valence electrons. The Morgan fingerprint density at radius 2 is 1.77 bits per heavy atom. The first kappa shape index (κ1) is 21.6. The van der Waals surface area contributed by atoms with E-state index in [1.54, 1.807) is 72.9 Å². The molecule has 3 rings (SSSR count). The summed E-state index contributed by atoms with van der Waals surface area (Å²) in [5.41, 5.74) is 1.39. The molecule has 0 aliphatic heterocycles. The topological polar surface area (TPSA) is 86.8 Å². The fraction of sp³-hybridized carbons (Fsp3) is 0.125. The van der Waals surface area contributed by atoms with Crippen molar-refractivity contribution in [1.82, 2.24) is 4.98 Å². The smallest absolute Gasteiger partial charge is 0.339 e. The molecule has 0 fully saturated rings. The van der Waals surface area contributed by atoms with Gasteiger partial charge >= 0.3 is 5.97 Å². The zero-order valence-corrected chi connectivity index (χ0v) is 17.0. The summed E-state index contributed by atoms with van der Waals surface area (Å²) in [6, 6.07) is 17.3. The number of para-hydroxylation sites is 1. The second-order valence-corrected chi connectivity index (χ2v) is 6.44. The first-order valence-electron chi connectivity index (χ1n) is 9.53. The van der Waals surface area contributed by atoms with E-state index in [2.05, 4.69) is 16.9 Å². The van der Waals surface area contributed by atoms with E-state index < -0.39 is 5.97 Å². The van der Waals surface area contributed by atoms with E-state index in [9.17, 15) is 9.59 Å². The molecule has 0 aliphatic rings. The Morgan fingerprint density at radius 1 is 1.03 bits per heavy atom. The molecule has 0 bridgehead atoms. The predicted octanol–water partition coefficient (Wildman–Crippen LogP) is 4.41. The molecule has 0 atom stereocenters. The molecule has 0 aliphatic carbocycles. The third-order valence-electron chi connectivity index (χ3n) is 4.18. The van der Waals surface area contributed by atoms with Gasteiger partial charge in [-0.2, -0.15) is 0 Å². The van der Waals surface area contributed by atoms with Gasteiger partial charge in [0.2, 0.25) is 11.8 Å². The van der Waals surface area contributed by atoms with Crippen molar-refractivity contribution < 1.29 is 23.8 Å². The summed E-state index contributed by atoms with van der Waals surface area (Å²) in [6.07, 6.45) is 3.34. The fourth-order valence-electron chi connectivity index (χ4n) is 2.72. The van der Waals surface area contributed by atoms with Gasteiger partial charge < -0.3 is 19.5 Å². The van der Waals surface area contributed by atoms with Gasteiger partial charge in [-0.25, -0.2) is 9.78 Å². The van der Waals surface area contributed by atoms with E-state index in [1.165, 1.54) is 7.11 Å². The van der Waals surface area contributed by atoms with E-state index in [0.29, 0.717) is 35.1 Å². The van der Waals surface area contributed by atoms with Gasteiger partial charge in [-0.3, -0.25) is 4.79 Å². The molecule has 0 saturated carbocycles. The van der Waals surface area contributed by atoms with Gasteiger partial charge in [-0.05, 0) is 42.0 Å². The molecule has 1 N–H and O–H groups in total. The lowest BCUT2D eigenvalue weighted by Crippen LogP contribution is -2.17. The Bertz CT molecular complexity index is 1050. The summed E-state index contributed by atoms with van der Waals surface area (Å²) in [4.78, 5) is 28.5. The average molecular weight is 418 g/mol. The Balaban J connectivity index is 1.57. The number of nitrogens with one attached hydrogen (secondary N) is 1. The number of rotatable bonds is 9. The number of aromatic nitrogens is 1. The van der Waals surface area contributed by atoms with Crippen LogP contribution in [-0.4, -0.2) is 30.6 Å². The van der Waals surface area contributed by atoms with Crippen LogP contribution in [-0.2, 0) is 16.0 Å². The zero-order valence-electron chi connectivity index (χ0n) is 17.0. The Kier molecular flexibility index (Phi) is 7.37. The number of benzene rings is 2. The maximum atomic E-state index is 12.4. The van der Waals surface area contributed by atoms with Gasteiger partial charge in [0.15, 0.2) is 0 Å². The minimum atomic E-state index is -0.514. The Morgan fingerprint density at radius 3 is 2.45 bits per heavy atom. The lowest BCUT2D eigenvalue weighted by atomic mass is 10.1. The van der Waals surface area contributed by atoms with Crippen LogP contribution in [0.3, 0.4) is 0 Å². The van der Waals surface area contributed by atoms with Crippen LogP contribution in [0.25, 0.3) is 0 Å². The fourth-order valence-corrected chi connectivity index (χ4v) is 2.72. The number of methoxy groups -OCH3 is 1. The van der Waals surface area contributed by atoms with E-state index in [1.807, 2.05) is 0 Å². The second-order valence-electron chi connectivity index (χ2n) is 6.44. The number of anilines is 1. The number of esters is 1. The first-order chi connectivity index (χ1) is 15.1. The van der Waals surface area contributed by atoms with Gasteiger partial charge in [0.1, 0.15) is 18.1 Å². The standard InChI is InChI=1S/C24H22N2O5/c1-3-14-30-18-9-11-19(12-10-18)31-23-13-8-17(16-25-23)15-22(27)26-21-7-5-4-6-20(21)24(28)29-2/h3-13,16H,1,14-15H2,2H3,(H,26,27). The summed E-state index contributed by atoms with van der Waals surface area (Å²) in [5.74, 6) is 0.944. The van der Waals surface area contributed by atoms with Crippen LogP contribution in [0.2, 0.25) is 0 Å². The van der Waals surface area contributed by atoms with E-state index in [0.717, 1.165) is 5.75 Å². The van der Waals surface area contributed by atoms with Crippen LogP contribution in [0.4, 0.5) is 5.69 Å². The SMILES string of the molecule is C=CCOc1ccc(Oc2ccc(CC(=O)Nc3ccccc3C(=O)OC)cn2)cc1. The van der Waals surface area contributed by atoms with Crippen molar-refractivity contribution in [3.8, 4) is 17.4 Å². The van der Waals surface area contributed by atoms with Crippen LogP contribution in [0, 0.1) is 0 Å². The highest BCUT2D eigenvalue weighted by Crippen LogP contribution is 2.23. The zero-order chi connectivity index (χ0) is 22.1. The molecular weight excluding hydrogens is 396 g/mol. The molecule has 1 heterocycles. The molecule has 31 heavy (non-hydrogen) atoms. The molecule has 3 aromatic rings. The van der Waals surface area contributed by atoms with Crippen molar-refractivity contribution in [2.75, 3.05) is 19.0 Å². The van der Waals surface area contributed by atoms with E-state index in [-0.39, 0.29) is 12.3 Å². The molecule has 1 aromatic heterocycles. The number of amides is 1. The van der Waals surface area contributed by atoms with Crippen LogP contribution in [0.15, 0.2) is 79.5 Å². The first-order valence-corrected chi connectivity index (χ1v) is 9.53. The third kappa shape index (κ3) is 6.17. The second kappa shape index (κ2) is 10.6. The maximum absolute atomic E-state index is 12.4. The molecule has 7 nitrogen and oxygen atoms in total. The highest BCUT2D eigenvalue weighted by molar-refractivity contribution is 6.01. The Labute approximate surface area is 180 Å². The number of hydrogen-bond acceptors (Lipinski definition) is 6. The average Bonchev–Trinajstić information content (AvgIpc) is 2.79. The van der Waals surface area contributed by atoms with Gasteiger partial charge in [-0.15, -0.1) is 0 Å². The Hall–Kier alpha value is -4.13. The lowest BCUT2D eigenvalue weighted by molar-refractivity contribution is -0.115. The summed E-state index contributed by atoms with van der Waals surface area (Å²) in [7, 11) is 1.29. The number of carbonyl (C=O) groups is 2. The molecule has 0 spiro atoms. The van der Waals surface area contributed by atoms with Crippen LogP contribution < -0.4 is 14.8 Å². The quantitative estimate of drug-likeness (QED) is 0.409. The summed E-state index contributed by atoms with van der Waals surface area (Å²) < 4.78 is 15.9. The van der Waals surface area contributed by atoms with Gasteiger partial charge in [0.25, 0.3) is 0 Å². The normalized spacial score (nSPS) is 10.1. The third-order valence-corrected chi connectivity index (χ3v) is 4.18. The minimum absolute atomic E-state index is 0.0954. The van der Waals surface area contributed by atoms with Gasteiger partial charge in [0, 0.05) is 12.3 Å². The highest BCUT2D eigenvalue weighted by Gasteiger charge is 2.13. The van der Waals surface area contributed by atoms with Crippen LogP contribution in [0.5, 0.6) is 17.4 Å². The van der Waals surface area contributed by atoms with Gasteiger partial charge in [0.05, 0.1) is 24.8 Å². The van der Waals surface area contributed by atoms with E-state index >= 15 is 0 Å². The number of hydrogen-bond donors (Lipinski definition) is 1. The number of nitrogens with zero attached hydrogens (tertiary/aromatic N) is 1. The maximum Gasteiger partial charge on any atom is 0.339 e. The van der Waals surface area contributed by atoms with Crippen LogP contribution >= 0.6 is 0 Å². The predicted molar refractivity (Wildman–Crippen MR) is 117 cm³/mol. The molecule has 0 radical (unpaired) electrons.